The van der Waals surface area contributed by atoms with E-state index in [-0.39, 0.29) is 17.2 Å². The van der Waals surface area contributed by atoms with E-state index in [4.69, 9.17) is 0 Å². The van der Waals surface area contributed by atoms with Crippen molar-refractivity contribution in [3.05, 3.63) is 41.7 Å². The summed E-state index contributed by atoms with van der Waals surface area (Å²) in [5.41, 5.74) is 1.71. The Morgan fingerprint density at radius 3 is 2.74 bits per heavy atom. The van der Waals surface area contributed by atoms with Gasteiger partial charge in [0.15, 0.2) is 0 Å². The highest BCUT2D eigenvalue weighted by molar-refractivity contribution is 7.89. The van der Waals surface area contributed by atoms with Gasteiger partial charge in [0.05, 0.1) is 11.1 Å². The number of nitrogens with zero attached hydrogens (tertiary/aromatic N) is 2. The average Bonchev–Trinajstić information content (AvgIpc) is 2.68. The van der Waals surface area contributed by atoms with Crippen molar-refractivity contribution in [2.45, 2.75) is 18.4 Å². The molecule has 0 unspecified atom stereocenters. The second-order valence-electron chi connectivity index (χ2n) is 4.20. The zero-order valence-electron chi connectivity index (χ0n) is 10.7. The molecule has 2 aromatic rings. The summed E-state index contributed by atoms with van der Waals surface area (Å²) in [6.07, 6.45) is 1.63. The highest BCUT2D eigenvalue weighted by Crippen LogP contribution is 2.16. The van der Waals surface area contributed by atoms with Gasteiger partial charge in [0.2, 0.25) is 10.0 Å². The number of aromatic hydroxyl groups is 1. The zero-order valence-corrected chi connectivity index (χ0v) is 11.5. The molecule has 0 radical (unpaired) electrons. The van der Waals surface area contributed by atoms with E-state index in [9.17, 15) is 13.5 Å². The van der Waals surface area contributed by atoms with Gasteiger partial charge < -0.3 is 5.11 Å². The fourth-order valence-electron chi connectivity index (χ4n) is 1.62. The van der Waals surface area contributed by atoms with E-state index in [1.807, 2.05) is 6.92 Å². The highest BCUT2D eigenvalue weighted by atomic mass is 32.2. The molecule has 0 aliphatic rings. The molecule has 0 aliphatic carbocycles. The van der Waals surface area contributed by atoms with Gasteiger partial charge >= 0.3 is 0 Å². The summed E-state index contributed by atoms with van der Waals surface area (Å²) >= 11 is 0. The number of hydrogen-bond donors (Lipinski definition) is 2. The normalized spacial score (nSPS) is 11.7. The Balaban J connectivity index is 2.17. The third kappa shape index (κ3) is 2.94. The van der Waals surface area contributed by atoms with Crippen LogP contribution in [0.3, 0.4) is 0 Å². The first-order valence-electron chi connectivity index (χ1n) is 5.66. The lowest BCUT2D eigenvalue weighted by Gasteiger charge is -2.06. The number of hydrogen-bond acceptors (Lipinski definition) is 4. The summed E-state index contributed by atoms with van der Waals surface area (Å²) in [6.45, 7) is 2.03. The van der Waals surface area contributed by atoms with Gasteiger partial charge in [-0.2, -0.15) is 5.10 Å². The van der Waals surface area contributed by atoms with Crippen LogP contribution in [-0.2, 0) is 23.6 Å². The topological polar surface area (TPSA) is 84.2 Å². The molecule has 0 saturated carbocycles. The number of rotatable bonds is 4. The number of aromatic nitrogens is 2. The lowest BCUT2D eigenvalue weighted by Crippen LogP contribution is -2.23. The molecule has 0 fully saturated rings. The van der Waals surface area contributed by atoms with Crippen LogP contribution in [0.4, 0.5) is 0 Å². The first kappa shape index (κ1) is 13.6. The molecule has 0 atom stereocenters. The number of phenols is 1. The van der Waals surface area contributed by atoms with E-state index in [0.29, 0.717) is 0 Å². The van der Waals surface area contributed by atoms with Gasteiger partial charge in [-0.05, 0) is 25.1 Å². The first-order chi connectivity index (χ1) is 8.90. The summed E-state index contributed by atoms with van der Waals surface area (Å²) in [4.78, 5) is 0.0362. The minimum atomic E-state index is -3.64. The Morgan fingerprint density at radius 1 is 1.42 bits per heavy atom. The van der Waals surface area contributed by atoms with E-state index in [1.165, 1.54) is 24.3 Å². The largest absolute Gasteiger partial charge is 0.508 e. The second kappa shape index (κ2) is 5.02. The Morgan fingerprint density at radius 2 is 2.16 bits per heavy atom. The first-order valence-corrected chi connectivity index (χ1v) is 7.14. The monoisotopic (exact) mass is 281 g/mol. The Bertz CT molecular complexity index is 692. The fraction of sp³-hybridized carbons (Fsp3) is 0.250. The minimum Gasteiger partial charge on any atom is -0.508 e. The van der Waals surface area contributed by atoms with Crippen LogP contribution in [0.15, 0.2) is 35.4 Å². The van der Waals surface area contributed by atoms with E-state index in [0.717, 1.165) is 11.3 Å². The summed E-state index contributed by atoms with van der Waals surface area (Å²) < 4.78 is 28.2. The quantitative estimate of drug-likeness (QED) is 0.872. The number of phenolic OH excluding ortho intramolecular Hbond substituents is 1. The molecule has 0 spiro atoms. The number of nitrogens with one attached hydrogen (secondary N) is 1. The van der Waals surface area contributed by atoms with Crippen molar-refractivity contribution in [1.29, 1.82) is 0 Å². The molecule has 0 amide bonds. The smallest absolute Gasteiger partial charge is 0.241 e. The third-order valence-electron chi connectivity index (χ3n) is 2.92. The molecule has 19 heavy (non-hydrogen) atoms. The maximum atomic E-state index is 12.0. The van der Waals surface area contributed by atoms with Gasteiger partial charge in [-0.3, -0.25) is 4.68 Å². The molecular formula is C12H15N3O3S. The molecule has 0 saturated heterocycles. The van der Waals surface area contributed by atoms with Crippen molar-refractivity contribution < 1.29 is 13.5 Å². The van der Waals surface area contributed by atoms with Crippen LogP contribution in [0.2, 0.25) is 0 Å². The Labute approximate surface area is 111 Å². The minimum absolute atomic E-state index is 0.0362. The third-order valence-corrected chi connectivity index (χ3v) is 4.32. The molecule has 2 N–H and O–H groups in total. The Hall–Kier alpha value is -1.86. The van der Waals surface area contributed by atoms with Crippen molar-refractivity contribution in [3.63, 3.8) is 0 Å². The number of sulfonamides is 1. The van der Waals surface area contributed by atoms with Crippen molar-refractivity contribution in [3.8, 4) is 5.75 Å². The maximum Gasteiger partial charge on any atom is 0.241 e. The fourth-order valence-corrected chi connectivity index (χ4v) is 2.67. The van der Waals surface area contributed by atoms with Crippen molar-refractivity contribution in [2.75, 3.05) is 0 Å². The summed E-state index contributed by atoms with van der Waals surface area (Å²) in [5.74, 6) is -0.0829. The molecule has 102 valence electrons. The van der Waals surface area contributed by atoms with Crippen LogP contribution in [0.25, 0.3) is 0 Å². The van der Waals surface area contributed by atoms with E-state index in [2.05, 4.69) is 9.82 Å². The lowest BCUT2D eigenvalue weighted by atomic mass is 10.3. The second-order valence-corrected chi connectivity index (χ2v) is 5.97. The lowest BCUT2D eigenvalue weighted by molar-refractivity contribution is 0.473. The van der Waals surface area contributed by atoms with Crippen LogP contribution in [0.1, 0.15) is 11.3 Å². The van der Waals surface area contributed by atoms with Crippen LogP contribution in [-0.4, -0.2) is 23.3 Å². The van der Waals surface area contributed by atoms with E-state index in [1.54, 1.807) is 17.9 Å². The molecule has 6 nitrogen and oxygen atoms in total. The average molecular weight is 281 g/mol. The molecule has 0 aliphatic heterocycles. The van der Waals surface area contributed by atoms with Crippen molar-refractivity contribution in [2.24, 2.45) is 7.05 Å². The van der Waals surface area contributed by atoms with Gasteiger partial charge in [-0.25, -0.2) is 13.1 Å². The van der Waals surface area contributed by atoms with Crippen molar-refractivity contribution >= 4 is 10.0 Å². The number of benzene rings is 1. The van der Waals surface area contributed by atoms with Gasteiger partial charge in [0, 0.05) is 24.8 Å². The molecule has 0 bridgehead atoms. The zero-order chi connectivity index (χ0) is 14.0. The Kier molecular flexibility index (Phi) is 3.59. The predicted molar refractivity (Wildman–Crippen MR) is 70.1 cm³/mol. The van der Waals surface area contributed by atoms with Crippen LogP contribution in [0, 0.1) is 6.92 Å². The van der Waals surface area contributed by atoms with Crippen LogP contribution >= 0.6 is 0 Å². The molecule has 7 heteroatoms. The van der Waals surface area contributed by atoms with Gasteiger partial charge in [0.25, 0.3) is 0 Å². The van der Waals surface area contributed by atoms with Crippen LogP contribution < -0.4 is 4.72 Å². The molecule has 1 aromatic carbocycles. The number of aryl methyl sites for hydroxylation is 1. The molecule has 2 rings (SSSR count). The molecule has 1 aromatic heterocycles. The SMILES string of the molecule is Cc1c(CNS(=O)(=O)c2cccc(O)c2)cnn1C. The van der Waals surface area contributed by atoms with Crippen molar-refractivity contribution in [1.82, 2.24) is 14.5 Å². The predicted octanol–water partition coefficient (Wildman–Crippen LogP) is 0.913. The molecular weight excluding hydrogens is 266 g/mol. The van der Waals surface area contributed by atoms with Gasteiger partial charge in [0.1, 0.15) is 5.75 Å². The standard InChI is InChI=1S/C12H15N3O3S/c1-9-10(7-13-15(9)2)8-14-19(17,18)12-5-3-4-11(16)6-12/h3-7,14,16H,8H2,1-2H3. The summed E-state index contributed by atoms with van der Waals surface area (Å²) in [5, 5.41) is 13.3. The van der Waals surface area contributed by atoms with Crippen LogP contribution in [0.5, 0.6) is 5.75 Å². The summed E-state index contributed by atoms with van der Waals surface area (Å²) in [7, 11) is -1.84. The van der Waals surface area contributed by atoms with E-state index >= 15 is 0 Å². The maximum absolute atomic E-state index is 12.0. The highest BCUT2D eigenvalue weighted by Gasteiger charge is 2.15. The van der Waals surface area contributed by atoms with Gasteiger partial charge in [-0.15, -0.1) is 0 Å². The summed E-state index contributed by atoms with van der Waals surface area (Å²) in [6, 6.07) is 5.54. The molecule has 1 heterocycles. The van der Waals surface area contributed by atoms with E-state index < -0.39 is 10.0 Å². The van der Waals surface area contributed by atoms with Gasteiger partial charge in [-0.1, -0.05) is 6.07 Å².